The van der Waals surface area contributed by atoms with Crippen molar-refractivity contribution in [1.82, 2.24) is 4.90 Å². The smallest absolute Gasteiger partial charge is 0.336 e. The second-order valence-corrected chi connectivity index (χ2v) is 4.76. The van der Waals surface area contributed by atoms with Crippen molar-refractivity contribution in [3.05, 3.63) is 35.4 Å². The van der Waals surface area contributed by atoms with Crippen LogP contribution in [-0.4, -0.2) is 36.7 Å². The van der Waals surface area contributed by atoms with Gasteiger partial charge >= 0.3 is 5.97 Å². The first-order valence-corrected chi connectivity index (χ1v) is 6.56. The molecule has 106 valence electrons. The lowest BCUT2D eigenvalue weighted by molar-refractivity contribution is -0.153. The van der Waals surface area contributed by atoms with E-state index in [0.717, 1.165) is 30.4 Å². The van der Waals surface area contributed by atoms with Crippen molar-refractivity contribution < 1.29 is 19.1 Å². The van der Waals surface area contributed by atoms with Gasteiger partial charge in [-0.05, 0) is 30.4 Å². The first-order chi connectivity index (χ1) is 9.72. The molecule has 2 atom stereocenters. The predicted molar refractivity (Wildman–Crippen MR) is 71.9 cm³/mol. The number of carbonyl (C=O) groups is 3. The number of fused-ring (bicyclic) bond motifs is 1. The number of aldehydes is 1. The maximum atomic E-state index is 11.6. The molecule has 0 bridgehead atoms. The summed E-state index contributed by atoms with van der Waals surface area (Å²) in [6.45, 7) is 0. The zero-order chi connectivity index (χ0) is 14.5. The molecule has 0 aliphatic heterocycles. The zero-order valence-electron chi connectivity index (χ0n) is 11.3. The standard InChI is InChI=1S/C15H17NO4/c1-20-15(19)14(9-17)16(10-18)13-8-4-6-11-5-2-3-7-12(11)13/h2-3,5,7,9-10,13-14H,4,6,8H2,1H3. The van der Waals surface area contributed by atoms with E-state index in [4.69, 9.17) is 0 Å². The van der Waals surface area contributed by atoms with Gasteiger partial charge in [0.2, 0.25) is 6.41 Å². The molecule has 0 fully saturated rings. The van der Waals surface area contributed by atoms with Gasteiger partial charge in [0.1, 0.15) is 0 Å². The lowest BCUT2D eigenvalue weighted by Crippen LogP contribution is -2.45. The van der Waals surface area contributed by atoms with Gasteiger partial charge in [0.15, 0.2) is 12.3 Å². The van der Waals surface area contributed by atoms with Crippen LogP contribution in [0, 0.1) is 0 Å². The molecular formula is C15H17NO4. The molecule has 0 spiro atoms. The quantitative estimate of drug-likeness (QED) is 0.461. The molecule has 2 unspecified atom stereocenters. The molecule has 0 aromatic heterocycles. The Morgan fingerprint density at radius 2 is 2.15 bits per heavy atom. The van der Waals surface area contributed by atoms with Gasteiger partial charge in [-0.25, -0.2) is 4.79 Å². The largest absolute Gasteiger partial charge is 0.467 e. The fourth-order valence-electron chi connectivity index (χ4n) is 2.74. The number of hydrogen-bond acceptors (Lipinski definition) is 4. The van der Waals surface area contributed by atoms with Crippen LogP contribution in [0.15, 0.2) is 24.3 Å². The molecule has 0 N–H and O–H groups in total. The molecular weight excluding hydrogens is 258 g/mol. The Bertz CT molecular complexity index is 514. The fourth-order valence-corrected chi connectivity index (χ4v) is 2.74. The van der Waals surface area contributed by atoms with Crippen molar-refractivity contribution >= 4 is 18.7 Å². The lowest BCUT2D eigenvalue weighted by Gasteiger charge is -2.35. The minimum absolute atomic E-state index is 0.258. The fraction of sp³-hybridized carbons (Fsp3) is 0.400. The molecule has 1 amide bonds. The van der Waals surface area contributed by atoms with Crippen LogP contribution >= 0.6 is 0 Å². The van der Waals surface area contributed by atoms with Crippen LogP contribution in [-0.2, 0) is 25.5 Å². The maximum Gasteiger partial charge on any atom is 0.336 e. The van der Waals surface area contributed by atoms with E-state index >= 15 is 0 Å². The Kier molecular flexibility index (Phi) is 4.50. The third-order valence-corrected chi connectivity index (χ3v) is 3.71. The number of ether oxygens (including phenoxy) is 1. The Balaban J connectivity index is 2.35. The number of carbonyl (C=O) groups excluding carboxylic acids is 3. The Labute approximate surface area is 117 Å². The highest BCUT2D eigenvalue weighted by molar-refractivity contribution is 5.94. The van der Waals surface area contributed by atoms with Gasteiger partial charge in [0.25, 0.3) is 0 Å². The number of nitrogens with zero attached hydrogens (tertiary/aromatic N) is 1. The summed E-state index contributed by atoms with van der Waals surface area (Å²) >= 11 is 0. The SMILES string of the molecule is COC(=O)C(C=O)N(C=O)C1CCCc2ccccc21. The third-order valence-electron chi connectivity index (χ3n) is 3.71. The van der Waals surface area contributed by atoms with E-state index in [0.29, 0.717) is 12.7 Å². The molecule has 0 saturated heterocycles. The van der Waals surface area contributed by atoms with Crippen molar-refractivity contribution in [2.24, 2.45) is 0 Å². The number of esters is 1. The number of benzene rings is 1. The number of aryl methyl sites for hydroxylation is 1. The number of methoxy groups -OCH3 is 1. The van der Waals surface area contributed by atoms with Crippen LogP contribution in [0.2, 0.25) is 0 Å². The van der Waals surface area contributed by atoms with E-state index in [9.17, 15) is 14.4 Å². The lowest BCUT2D eigenvalue weighted by atomic mass is 9.86. The predicted octanol–water partition coefficient (Wildman–Crippen LogP) is 1.26. The molecule has 1 aliphatic rings. The van der Waals surface area contributed by atoms with E-state index < -0.39 is 12.0 Å². The van der Waals surface area contributed by atoms with E-state index in [-0.39, 0.29) is 6.04 Å². The van der Waals surface area contributed by atoms with Crippen molar-refractivity contribution in [1.29, 1.82) is 0 Å². The minimum atomic E-state index is -1.19. The van der Waals surface area contributed by atoms with Crippen molar-refractivity contribution in [2.75, 3.05) is 7.11 Å². The van der Waals surface area contributed by atoms with Crippen molar-refractivity contribution in [3.8, 4) is 0 Å². The van der Waals surface area contributed by atoms with E-state index in [1.165, 1.54) is 12.0 Å². The molecule has 1 aliphatic carbocycles. The summed E-state index contributed by atoms with van der Waals surface area (Å²) < 4.78 is 4.59. The van der Waals surface area contributed by atoms with Gasteiger partial charge in [0, 0.05) is 0 Å². The van der Waals surface area contributed by atoms with Gasteiger partial charge in [-0.15, -0.1) is 0 Å². The summed E-state index contributed by atoms with van der Waals surface area (Å²) in [6, 6.07) is 6.35. The summed E-state index contributed by atoms with van der Waals surface area (Å²) in [5.74, 6) is -0.713. The van der Waals surface area contributed by atoms with Crippen LogP contribution < -0.4 is 0 Å². The molecule has 0 saturated carbocycles. The van der Waals surface area contributed by atoms with Crippen molar-refractivity contribution in [2.45, 2.75) is 31.3 Å². The Hall–Kier alpha value is -2.17. The van der Waals surface area contributed by atoms with Crippen molar-refractivity contribution in [3.63, 3.8) is 0 Å². The number of rotatable bonds is 5. The van der Waals surface area contributed by atoms with Crippen LogP contribution in [0.5, 0.6) is 0 Å². The molecule has 1 aromatic rings. The highest BCUT2D eigenvalue weighted by Crippen LogP contribution is 2.34. The van der Waals surface area contributed by atoms with E-state index in [2.05, 4.69) is 4.74 Å². The summed E-state index contributed by atoms with van der Waals surface area (Å²) in [6.07, 6.45) is 3.61. The Morgan fingerprint density at radius 1 is 1.40 bits per heavy atom. The first-order valence-electron chi connectivity index (χ1n) is 6.56. The number of amides is 1. The van der Waals surface area contributed by atoms with Gasteiger partial charge in [-0.3, -0.25) is 4.79 Å². The van der Waals surface area contributed by atoms with Crippen LogP contribution in [0.3, 0.4) is 0 Å². The molecule has 5 heteroatoms. The third kappa shape index (κ3) is 2.57. The second kappa shape index (κ2) is 6.32. The summed E-state index contributed by atoms with van der Waals surface area (Å²) in [4.78, 5) is 35.5. The van der Waals surface area contributed by atoms with E-state index in [1.54, 1.807) is 0 Å². The normalized spacial score (nSPS) is 18.6. The van der Waals surface area contributed by atoms with Crippen LogP contribution in [0.4, 0.5) is 0 Å². The van der Waals surface area contributed by atoms with Gasteiger partial charge < -0.3 is 14.4 Å². The molecule has 5 nitrogen and oxygen atoms in total. The van der Waals surface area contributed by atoms with Crippen LogP contribution in [0.1, 0.15) is 30.0 Å². The highest BCUT2D eigenvalue weighted by Gasteiger charge is 2.34. The molecule has 0 radical (unpaired) electrons. The van der Waals surface area contributed by atoms with E-state index in [1.807, 2.05) is 24.3 Å². The summed E-state index contributed by atoms with van der Waals surface area (Å²) in [7, 11) is 1.20. The first kappa shape index (κ1) is 14.2. The second-order valence-electron chi connectivity index (χ2n) is 4.76. The number of hydrogen-bond donors (Lipinski definition) is 0. The summed E-state index contributed by atoms with van der Waals surface area (Å²) in [5, 5.41) is 0. The van der Waals surface area contributed by atoms with Gasteiger partial charge in [-0.2, -0.15) is 0 Å². The topological polar surface area (TPSA) is 63.7 Å². The average Bonchev–Trinajstić information content (AvgIpc) is 2.51. The molecule has 0 heterocycles. The maximum absolute atomic E-state index is 11.6. The highest BCUT2D eigenvalue weighted by atomic mass is 16.5. The average molecular weight is 275 g/mol. The molecule has 2 rings (SSSR count). The zero-order valence-corrected chi connectivity index (χ0v) is 11.3. The van der Waals surface area contributed by atoms with Gasteiger partial charge in [0.05, 0.1) is 13.2 Å². The Morgan fingerprint density at radius 3 is 2.80 bits per heavy atom. The van der Waals surface area contributed by atoms with Crippen LogP contribution in [0.25, 0.3) is 0 Å². The monoisotopic (exact) mass is 275 g/mol. The molecule has 20 heavy (non-hydrogen) atoms. The molecule has 1 aromatic carbocycles. The summed E-state index contributed by atoms with van der Waals surface area (Å²) in [5.41, 5.74) is 2.16. The van der Waals surface area contributed by atoms with Gasteiger partial charge in [-0.1, -0.05) is 24.3 Å². The minimum Gasteiger partial charge on any atom is -0.467 e.